The molecule has 5 heteroatoms. The van der Waals surface area contributed by atoms with E-state index in [1.54, 1.807) is 0 Å². The van der Waals surface area contributed by atoms with E-state index >= 15 is 0 Å². The molecule has 0 aromatic heterocycles. The fraction of sp³-hybridized carbons (Fsp3) is 0.357. The van der Waals surface area contributed by atoms with E-state index in [1.807, 2.05) is 45.3 Å². The number of ether oxygens (including phenoxy) is 2. The van der Waals surface area contributed by atoms with Crippen molar-refractivity contribution in [1.29, 1.82) is 0 Å². The van der Waals surface area contributed by atoms with Crippen LogP contribution < -0.4 is 14.5 Å². The molecule has 3 rings (SSSR count). The maximum Gasteiger partial charge on any atom is 0.127 e. The highest BCUT2D eigenvalue weighted by atomic mass is 35.5. The Labute approximate surface area is 203 Å². The van der Waals surface area contributed by atoms with E-state index in [9.17, 15) is 0 Å². The summed E-state index contributed by atoms with van der Waals surface area (Å²) in [5.41, 5.74) is 5.50. The van der Waals surface area contributed by atoms with E-state index in [1.165, 1.54) is 0 Å². The van der Waals surface area contributed by atoms with Crippen LogP contribution in [0, 0.1) is 0 Å². The van der Waals surface area contributed by atoms with Gasteiger partial charge in [0.2, 0.25) is 0 Å². The molecule has 0 radical (unpaired) electrons. The molecule has 0 aliphatic heterocycles. The Morgan fingerprint density at radius 1 is 0.818 bits per heavy atom. The highest BCUT2D eigenvalue weighted by molar-refractivity contribution is 6.30. The lowest BCUT2D eigenvalue weighted by molar-refractivity contribution is 0.0647. The van der Waals surface area contributed by atoms with Gasteiger partial charge in [-0.05, 0) is 62.2 Å². The predicted octanol–water partition coefficient (Wildman–Crippen LogP) is 6.96. The Morgan fingerprint density at radius 2 is 1.45 bits per heavy atom. The first-order chi connectivity index (χ1) is 16.0. The summed E-state index contributed by atoms with van der Waals surface area (Å²) in [6, 6.07) is 22.8. The van der Waals surface area contributed by atoms with Gasteiger partial charge < -0.3 is 19.3 Å². The van der Waals surface area contributed by atoms with Crippen LogP contribution >= 0.6 is 11.6 Å². The minimum Gasteiger partial charge on any atom is -0.493 e. The van der Waals surface area contributed by atoms with Crippen molar-refractivity contribution < 1.29 is 9.47 Å². The summed E-state index contributed by atoms with van der Waals surface area (Å²) in [6.07, 6.45) is -0.260. The molecule has 1 atom stereocenters. The zero-order valence-corrected chi connectivity index (χ0v) is 21.1. The van der Waals surface area contributed by atoms with Crippen LogP contribution in [0.2, 0.25) is 5.02 Å². The number of halogens is 1. The highest BCUT2D eigenvalue weighted by Gasteiger charge is 2.21. The molecule has 4 nitrogen and oxygen atoms in total. The van der Waals surface area contributed by atoms with Crippen molar-refractivity contribution in [2.45, 2.75) is 33.5 Å². The summed E-state index contributed by atoms with van der Waals surface area (Å²) in [5, 5.41) is 0.722. The fourth-order valence-electron chi connectivity index (χ4n) is 3.88. The van der Waals surface area contributed by atoms with Gasteiger partial charge >= 0.3 is 0 Å². The quantitative estimate of drug-likeness (QED) is 0.305. The average molecular weight is 467 g/mol. The highest BCUT2D eigenvalue weighted by Crippen LogP contribution is 2.37. The van der Waals surface area contributed by atoms with E-state index in [-0.39, 0.29) is 6.10 Å². The van der Waals surface area contributed by atoms with Crippen LogP contribution in [0.15, 0.2) is 66.7 Å². The zero-order chi connectivity index (χ0) is 23.8. The van der Waals surface area contributed by atoms with Crippen LogP contribution in [0.25, 0.3) is 0 Å². The first-order valence-corrected chi connectivity index (χ1v) is 12.0. The number of nitrogens with zero attached hydrogens (tertiary/aromatic N) is 2. The van der Waals surface area contributed by atoms with Crippen LogP contribution in [-0.2, 0) is 11.3 Å². The first-order valence-electron chi connectivity index (χ1n) is 11.6. The molecule has 1 unspecified atom stereocenters. The molecular weight excluding hydrogens is 432 g/mol. The molecule has 0 saturated carbocycles. The van der Waals surface area contributed by atoms with E-state index in [0.29, 0.717) is 13.2 Å². The van der Waals surface area contributed by atoms with Crippen molar-refractivity contribution in [3.8, 4) is 5.75 Å². The molecule has 0 amide bonds. The molecule has 176 valence electrons. The summed E-state index contributed by atoms with van der Waals surface area (Å²) in [4.78, 5) is 4.42. The van der Waals surface area contributed by atoms with Gasteiger partial charge in [0.05, 0.1) is 13.2 Å². The summed E-state index contributed by atoms with van der Waals surface area (Å²) in [7, 11) is 4.09. The minimum absolute atomic E-state index is 0.260. The number of hydrogen-bond acceptors (Lipinski definition) is 4. The van der Waals surface area contributed by atoms with Gasteiger partial charge in [0.1, 0.15) is 11.9 Å². The second kappa shape index (κ2) is 12.0. The van der Waals surface area contributed by atoms with Crippen molar-refractivity contribution in [2.75, 3.05) is 43.6 Å². The molecule has 0 spiro atoms. The number of rotatable bonds is 11. The average Bonchev–Trinajstić information content (AvgIpc) is 2.82. The van der Waals surface area contributed by atoms with Gasteiger partial charge in [0, 0.05) is 55.2 Å². The zero-order valence-electron chi connectivity index (χ0n) is 20.3. The Hall–Kier alpha value is -2.69. The monoisotopic (exact) mass is 466 g/mol. The molecule has 0 aliphatic rings. The van der Waals surface area contributed by atoms with Gasteiger partial charge in [-0.15, -0.1) is 0 Å². The minimum atomic E-state index is -0.260. The normalized spacial score (nSPS) is 11.8. The number of anilines is 2. The Balaban J connectivity index is 2.00. The Kier molecular flexibility index (Phi) is 9.04. The Morgan fingerprint density at radius 3 is 2.03 bits per heavy atom. The third-order valence-electron chi connectivity index (χ3n) is 5.75. The van der Waals surface area contributed by atoms with E-state index in [4.69, 9.17) is 21.1 Å². The number of benzene rings is 3. The molecule has 0 bridgehead atoms. The third-order valence-corrected chi connectivity index (χ3v) is 6.00. The maximum absolute atomic E-state index is 6.53. The molecule has 0 aliphatic carbocycles. The molecule has 33 heavy (non-hydrogen) atoms. The lowest BCUT2D eigenvalue weighted by atomic mass is 9.99. The molecule has 0 N–H and O–H groups in total. The van der Waals surface area contributed by atoms with E-state index < -0.39 is 0 Å². The summed E-state index contributed by atoms with van der Waals surface area (Å²) >= 11 is 6.06. The SMILES string of the molecule is CCOc1cc(N(CC)CC)ccc1C(OCc1ccc(Cl)cc1)c1ccc(N(C)C)cc1. The van der Waals surface area contributed by atoms with Gasteiger partial charge in [0.15, 0.2) is 0 Å². The van der Waals surface area contributed by atoms with Crippen molar-refractivity contribution in [2.24, 2.45) is 0 Å². The van der Waals surface area contributed by atoms with Gasteiger partial charge in [-0.1, -0.05) is 41.9 Å². The molecule has 0 heterocycles. The van der Waals surface area contributed by atoms with Gasteiger partial charge in [-0.25, -0.2) is 0 Å². The van der Waals surface area contributed by atoms with Crippen molar-refractivity contribution >= 4 is 23.0 Å². The van der Waals surface area contributed by atoms with Gasteiger partial charge in [0.25, 0.3) is 0 Å². The first kappa shape index (κ1) is 24.9. The predicted molar refractivity (Wildman–Crippen MR) is 140 cm³/mol. The van der Waals surface area contributed by atoms with Gasteiger partial charge in [-0.3, -0.25) is 0 Å². The maximum atomic E-state index is 6.53. The summed E-state index contributed by atoms with van der Waals surface area (Å²) < 4.78 is 12.6. The van der Waals surface area contributed by atoms with Gasteiger partial charge in [-0.2, -0.15) is 0 Å². The molecule has 3 aromatic rings. The second-order valence-corrected chi connectivity index (χ2v) is 8.57. The van der Waals surface area contributed by atoms with Crippen molar-refractivity contribution in [3.05, 3.63) is 88.4 Å². The second-order valence-electron chi connectivity index (χ2n) is 8.13. The third kappa shape index (κ3) is 6.43. The largest absolute Gasteiger partial charge is 0.493 e. The molecule has 0 saturated heterocycles. The van der Waals surface area contributed by atoms with Crippen LogP contribution in [-0.4, -0.2) is 33.8 Å². The van der Waals surface area contributed by atoms with E-state index in [0.717, 1.165) is 51.9 Å². The summed E-state index contributed by atoms with van der Waals surface area (Å²) in [6.45, 7) is 9.32. The molecule has 0 fully saturated rings. The molecular formula is C28H35ClN2O2. The Bertz CT molecular complexity index is 999. The van der Waals surface area contributed by atoms with Crippen LogP contribution in [0.5, 0.6) is 5.75 Å². The van der Waals surface area contributed by atoms with Crippen molar-refractivity contribution in [1.82, 2.24) is 0 Å². The van der Waals surface area contributed by atoms with E-state index in [2.05, 4.69) is 66.1 Å². The lowest BCUT2D eigenvalue weighted by Gasteiger charge is -2.26. The van der Waals surface area contributed by atoms with Crippen LogP contribution in [0.3, 0.4) is 0 Å². The standard InChI is InChI=1S/C28H35ClN2O2/c1-6-31(7-2)25-17-18-26(27(19-25)32-8-3)28(22-11-15-24(16-12-22)30(4)5)33-20-21-9-13-23(29)14-10-21/h9-19,28H,6-8,20H2,1-5H3. The van der Waals surface area contributed by atoms with Crippen LogP contribution in [0.1, 0.15) is 43.6 Å². The topological polar surface area (TPSA) is 24.9 Å². The fourth-order valence-corrected chi connectivity index (χ4v) is 4.00. The van der Waals surface area contributed by atoms with Crippen molar-refractivity contribution in [3.63, 3.8) is 0 Å². The number of hydrogen-bond donors (Lipinski definition) is 0. The molecule has 3 aromatic carbocycles. The van der Waals surface area contributed by atoms with Crippen LogP contribution in [0.4, 0.5) is 11.4 Å². The summed E-state index contributed by atoms with van der Waals surface area (Å²) in [5.74, 6) is 0.861. The smallest absolute Gasteiger partial charge is 0.127 e. The lowest BCUT2D eigenvalue weighted by Crippen LogP contribution is -2.22.